The number of nitrogens with one attached hydrogen (secondary N) is 1. The lowest BCUT2D eigenvalue weighted by Gasteiger charge is -2.08. The molecule has 37 heavy (non-hydrogen) atoms. The van der Waals surface area contributed by atoms with Gasteiger partial charge in [-0.3, -0.25) is 14.3 Å². The van der Waals surface area contributed by atoms with Gasteiger partial charge in [0, 0.05) is 11.3 Å². The normalized spacial score (nSPS) is 12.1. The lowest BCUT2D eigenvalue weighted by atomic mass is 10.1. The van der Waals surface area contributed by atoms with Gasteiger partial charge >= 0.3 is 5.97 Å². The standard InChI is InChI=1S/C27H27N3O5S2/c1-5-35-25(31)16-30-23-14-18(3)19(4)15-24(23)36-27(30)28-26(32)20-8-10-21(11-9-20)29-37(33,34)22-12-6-17(2)7-13-22/h6-15,29H,5,16H2,1-4H3. The summed E-state index contributed by atoms with van der Waals surface area (Å²) in [6.45, 7) is 7.79. The van der Waals surface area contributed by atoms with E-state index in [4.69, 9.17) is 4.74 Å². The Labute approximate surface area is 219 Å². The lowest BCUT2D eigenvalue weighted by molar-refractivity contribution is -0.143. The summed E-state index contributed by atoms with van der Waals surface area (Å²) in [7, 11) is -3.76. The molecular formula is C27H27N3O5S2. The summed E-state index contributed by atoms with van der Waals surface area (Å²) in [5.74, 6) is -0.926. The Morgan fingerprint density at radius 3 is 2.27 bits per heavy atom. The van der Waals surface area contributed by atoms with Crippen molar-refractivity contribution in [3.8, 4) is 0 Å². The van der Waals surface area contributed by atoms with E-state index in [0.29, 0.717) is 10.5 Å². The summed E-state index contributed by atoms with van der Waals surface area (Å²) in [5, 5.41) is 0. The molecule has 0 saturated heterocycles. The Bertz CT molecular complexity index is 1650. The number of aryl methyl sites for hydroxylation is 3. The van der Waals surface area contributed by atoms with E-state index in [2.05, 4.69) is 9.71 Å². The first kappa shape index (κ1) is 26.3. The molecule has 0 fully saturated rings. The van der Waals surface area contributed by atoms with Crippen molar-refractivity contribution in [1.29, 1.82) is 0 Å². The van der Waals surface area contributed by atoms with Crippen LogP contribution in [0.2, 0.25) is 0 Å². The van der Waals surface area contributed by atoms with Crippen LogP contribution in [0.15, 0.2) is 70.6 Å². The van der Waals surface area contributed by atoms with Gasteiger partial charge in [0.05, 0.1) is 21.7 Å². The summed E-state index contributed by atoms with van der Waals surface area (Å²) in [6.07, 6.45) is 0. The smallest absolute Gasteiger partial charge is 0.326 e. The van der Waals surface area contributed by atoms with Crippen molar-refractivity contribution in [2.75, 3.05) is 11.3 Å². The van der Waals surface area contributed by atoms with Crippen molar-refractivity contribution >= 4 is 49.1 Å². The van der Waals surface area contributed by atoms with Gasteiger partial charge in [-0.25, -0.2) is 8.42 Å². The highest BCUT2D eigenvalue weighted by Gasteiger charge is 2.16. The maximum atomic E-state index is 13.0. The minimum Gasteiger partial charge on any atom is -0.465 e. The fraction of sp³-hybridized carbons (Fsp3) is 0.222. The van der Waals surface area contributed by atoms with Gasteiger partial charge in [0.1, 0.15) is 6.54 Å². The van der Waals surface area contributed by atoms with Crippen LogP contribution >= 0.6 is 11.3 Å². The van der Waals surface area contributed by atoms with E-state index in [9.17, 15) is 18.0 Å². The third-order valence-corrected chi connectivity index (χ3v) is 8.24. The zero-order valence-corrected chi connectivity index (χ0v) is 22.6. The van der Waals surface area contributed by atoms with Gasteiger partial charge in [-0.1, -0.05) is 29.0 Å². The van der Waals surface area contributed by atoms with Crippen LogP contribution in [0.5, 0.6) is 0 Å². The monoisotopic (exact) mass is 537 g/mol. The summed E-state index contributed by atoms with van der Waals surface area (Å²) < 4.78 is 35.5. The molecule has 1 heterocycles. The molecule has 0 saturated carbocycles. The van der Waals surface area contributed by atoms with Gasteiger partial charge in [0.25, 0.3) is 15.9 Å². The summed E-state index contributed by atoms with van der Waals surface area (Å²) >= 11 is 1.32. The van der Waals surface area contributed by atoms with Crippen LogP contribution in [-0.4, -0.2) is 31.5 Å². The Morgan fingerprint density at radius 2 is 1.62 bits per heavy atom. The summed E-state index contributed by atoms with van der Waals surface area (Å²) in [6, 6.07) is 16.5. The van der Waals surface area contributed by atoms with Gasteiger partial charge in [0.2, 0.25) is 0 Å². The zero-order chi connectivity index (χ0) is 26.7. The maximum Gasteiger partial charge on any atom is 0.326 e. The molecule has 4 aromatic rings. The largest absolute Gasteiger partial charge is 0.465 e. The zero-order valence-electron chi connectivity index (χ0n) is 20.9. The number of carbonyl (C=O) groups excluding carboxylic acids is 2. The number of carbonyl (C=O) groups is 2. The molecule has 3 aromatic carbocycles. The van der Waals surface area contributed by atoms with E-state index < -0.39 is 21.9 Å². The van der Waals surface area contributed by atoms with E-state index >= 15 is 0 Å². The Hall–Kier alpha value is -3.76. The minimum atomic E-state index is -3.76. The number of esters is 1. The number of fused-ring (bicyclic) bond motifs is 1. The minimum absolute atomic E-state index is 0.0673. The van der Waals surface area contributed by atoms with Crippen molar-refractivity contribution in [1.82, 2.24) is 4.57 Å². The molecule has 0 atom stereocenters. The molecular weight excluding hydrogens is 510 g/mol. The number of amides is 1. The molecule has 1 amide bonds. The van der Waals surface area contributed by atoms with Crippen LogP contribution in [0.25, 0.3) is 10.2 Å². The fourth-order valence-corrected chi connectivity index (χ4v) is 5.83. The number of aromatic nitrogens is 1. The summed E-state index contributed by atoms with van der Waals surface area (Å²) in [5.41, 5.74) is 4.52. The van der Waals surface area contributed by atoms with Gasteiger partial charge in [0.15, 0.2) is 4.80 Å². The highest BCUT2D eigenvalue weighted by molar-refractivity contribution is 7.92. The predicted molar refractivity (Wildman–Crippen MR) is 144 cm³/mol. The Morgan fingerprint density at radius 1 is 0.973 bits per heavy atom. The molecule has 4 rings (SSSR count). The fourth-order valence-electron chi connectivity index (χ4n) is 3.66. The second-order valence-electron chi connectivity index (χ2n) is 8.59. The van der Waals surface area contributed by atoms with Gasteiger partial charge in [-0.2, -0.15) is 4.99 Å². The molecule has 0 aliphatic rings. The van der Waals surface area contributed by atoms with E-state index in [1.54, 1.807) is 23.6 Å². The first-order chi connectivity index (χ1) is 17.6. The van der Waals surface area contributed by atoms with Crippen molar-refractivity contribution in [2.45, 2.75) is 39.1 Å². The number of thiazole rings is 1. The third-order valence-electron chi connectivity index (χ3n) is 5.80. The predicted octanol–water partition coefficient (Wildman–Crippen LogP) is 4.73. The van der Waals surface area contributed by atoms with Crippen molar-refractivity contribution in [3.05, 3.63) is 87.7 Å². The van der Waals surface area contributed by atoms with Gasteiger partial charge in [-0.15, -0.1) is 0 Å². The number of nitrogens with zero attached hydrogens (tertiary/aromatic N) is 2. The Balaban J connectivity index is 1.63. The number of rotatable bonds is 7. The third kappa shape index (κ3) is 5.98. The van der Waals surface area contributed by atoms with Gasteiger partial charge < -0.3 is 9.30 Å². The van der Waals surface area contributed by atoms with Crippen molar-refractivity contribution in [3.63, 3.8) is 0 Å². The molecule has 0 spiro atoms. The highest BCUT2D eigenvalue weighted by atomic mass is 32.2. The number of hydrogen-bond donors (Lipinski definition) is 1. The van der Waals surface area contributed by atoms with Crippen molar-refractivity contribution < 1.29 is 22.7 Å². The average molecular weight is 538 g/mol. The van der Waals surface area contributed by atoms with Crippen LogP contribution in [0.1, 0.15) is 34.0 Å². The SMILES string of the molecule is CCOC(=O)Cn1c(=NC(=O)c2ccc(NS(=O)(=O)c3ccc(C)cc3)cc2)sc2cc(C)c(C)cc21. The second kappa shape index (κ2) is 10.7. The average Bonchev–Trinajstić information content (AvgIpc) is 3.15. The van der Waals surface area contributed by atoms with Gasteiger partial charge in [-0.05, 0) is 87.4 Å². The molecule has 0 radical (unpaired) electrons. The highest BCUT2D eigenvalue weighted by Crippen LogP contribution is 2.23. The van der Waals surface area contributed by atoms with E-state index in [1.165, 1.54) is 47.7 Å². The van der Waals surface area contributed by atoms with Crippen molar-refractivity contribution in [2.24, 2.45) is 4.99 Å². The molecule has 0 aliphatic heterocycles. The molecule has 10 heteroatoms. The molecule has 1 aromatic heterocycles. The first-order valence-electron chi connectivity index (χ1n) is 11.6. The molecule has 0 aliphatic carbocycles. The molecule has 0 bridgehead atoms. The maximum absolute atomic E-state index is 13.0. The lowest BCUT2D eigenvalue weighted by Crippen LogP contribution is -2.23. The number of benzene rings is 3. The topological polar surface area (TPSA) is 107 Å². The van der Waals surface area contributed by atoms with Crippen LogP contribution in [0.3, 0.4) is 0 Å². The van der Waals surface area contributed by atoms with E-state index in [1.807, 2.05) is 32.9 Å². The van der Waals surface area contributed by atoms with E-state index in [0.717, 1.165) is 26.9 Å². The first-order valence-corrected chi connectivity index (χ1v) is 13.9. The quantitative estimate of drug-likeness (QED) is 0.343. The van der Waals surface area contributed by atoms with Crippen LogP contribution in [-0.2, 0) is 26.1 Å². The molecule has 192 valence electrons. The molecule has 8 nitrogen and oxygen atoms in total. The number of hydrogen-bond acceptors (Lipinski definition) is 6. The number of ether oxygens (including phenoxy) is 1. The van der Waals surface area contributed by atoms with Crippen LogP contribution in [0.4, 0.5) is 5.69 Å². The Kier molecular flexibility index (Phi) is 7.60. The molecule has 1 N–H and O–H groups in total. The second-order valence-corrected chi connectivity index (χ2v) is 11.3. The molecule has 0 unspecified atom stereocenters. The number of sulfonamides is 1. The van der Waals surface area contributed by atoms with E-state index in [-0.39, 0.29) is 23.6 Å². The number of anilines is 1. The summed E-state index contributed by atoms with van der Waals surface area (Å²) in [4.78, 5) is 30.1. The van der Waals surface area contributed by atoms with Crippen LogP contribution in [0, 0.1) is 20.8 Å². The van der Waals surface area contributed by atoms with Crippen LogP contribution < -0.4 is 9.52 Å².